The Morgan fingerprint density at radius 2 is 1.74 bits per heavy atom. The van der Waals surface area contributed by atoms with Crippen LogP contribution in [0.3, 0.4) is 0 Å². The summed E-state index contributed by atoms with van der Waals surface area (Å²) in [5.74, 6) is 1.87. The molecule has 0 atom stereocenters. The van der Waals surface area contributed by atoms with E-state index in [4.69, 9.17) is 14.2 Å². The van der Waals surface area contributed by atoms with Crippen LogP contribution in [-0.4, -0.2) is 48.6 Å². The van der Waals surface area contributed by atoms with E-state index in [1.165, 1.54) is 20.3 Å². The molecule has 0 saturated heterocycles. The molecule has 8 nitrogen and oxygen atoms in total. The molecule has 0 aliphatic carbocycles. The van der Waals surface area contributed by atoms with Gasteiger partial charge in [-0.15, -0.1) is 0 Å². The molecule has 1 aromatic heterocycles. The van der Waals surface area contributed by atoms with Crippen LogP contribution < -0.4 is 19.8 Å². The lowest BCUT2D eigenvalue weighted by Crippen LogP contribution is -2.30. The minimum absolute atomic E-state index is 0.168. The van der Waals surface area contributed by atoms with Gasteiger partial charge in [-0.3, -0.25) is 9.59 Å². The summed E-state index contributed by atoms with van der Waals surface area (Å²) in [4.78, 5) is 34.1. The van der Waals surface area contributed by atoms with Gasteiger partial charge in [-0.1, -0.05) is 12.1 Å². The van der Waals surface area contributed by atoms with Gasteiger partial charge in [0.15, 0.2) is 11.5 Å². The highest BCUT2D eigenvalue weighted by Crippen LogP contribution is 2.29. The number of aromatic amines is 1. The standard InChI is InChI=1S/C23H25N3O5/c1-5-26(22(27)11-8-15-6-9-16(29-2)10-7-15)14-21-24-18-13-20(31-4)19(30-3)12-17(18)23(28)25-21/h6-13H,5,14H2,1-4H3,(H,24,25,28)/b11-8+. The van der Waals surface area contributed by atoms with Gasteiger partial charge in [0.25, 0.3) is 5.56 Å². The molecular formula is C23H25N3O5. The summed E-state index contributed by atoms with van der Waals surface area (Å²) in [6, 6.07) is 10.6. The number of rotatable bonds is 8. The summed E-state index contributed by atoms with van der Waals surface area (Å²) in [5.41, 5.74) is 1.04. The lowest BCUT2D eigenvalue weighted by Gasteiger charge is -2.18. The third-order valence-corrected chi connectivity index (χ3v) is 4.83. The molecule has 1 N–H and O–H groups in total. The molecule has 0 saturated carbocycles. The van der Waals surface area contributed by atoms with Crippen molar-refractivity contribution in [3.63, 3.8) is 0 Å². The first-order valence-corrected chi connectivity index (χ1v) is 9.75. The van der Waals surface area contributed by atoms with Gasteiger partial charge in [-0.2, -0.15) is 0 Å². The fourth-order valence-electron chi connectivity index (χ4n) is 3.10. The second kappa shape index (κ2) is 9.80. The molecule has 0 bridgehead atoms. The van der Waals surface area contributed by atoms with Gasteiger partial charge in [0, 0.05) is 18.7 Å². The highest BCUT2D eigenvalue weighted by molar-refractivity contribution is 5.91. The van der Waals surface area contributed by atoms with Crippen molar-refractivity contribution in [2.75, 3.05) is 27.9 Å². The number of methoxy groups -OCH3 is 3. The second-order valence-corrected chi connectivity index (χ2v) is 6.70. The number of aromatic nitrogens is 2. The number of nitrogens with zero attached hydrogens (tertiary/aromatic N) is 2. The van der Waals surface area contributed by atoms with Crippen LogP contribution in [0.15, 0.2) is 47.3 Å². The van der Waals surface area contributed by atoms with E-state index in [0.29, 0.717) is 34.8 Å². The first-order chi connectivity index (χ1) is 15.0. The Kier molecular flexibility index (Phi) is 6.92. The smallest absolute Gasteiger partial charge is 0.258 e. The van der Waals surface area contributed by atoms with Crippen molar-refractivity contribution in [2.24, 2.45) is 0 Å². The maximum absolute atomic E-state index is 12.7. The fraction of sp³-hybridized carbons (Fsp3) is 0.261. The summed E-state index contributed by atoms with van der Waals surface area (Å²) in [7, 11) is 4.62. The van der Waals surface area contributed by atoms with Crippen molar-refractivity contribution in [1.82, 2.24) is 14.9 Å². The molecule has 0 aliphatic rings. The number of carbonyl (C=O) groups is 1. The third-order valence-electron chi connectivity index (χ3n) is 4.83. The van der Waals surface area contributed by atoms with Crippen molar-refractivity contribution in [3.05, 3.63) is 64.2 Å². The van der Waals surface area contributed by atoms with Crippen LogP contribution in [0.5, 0.6) is 17.2 Å². The van der Waals surface area contributed by atoms with E-state index < -0.39 is 0 Å². The van der Waals surface area contributed by atoms with E-state index in [1.807, 2.05) is 31.2 Å². The molecule has 0 radical (unpaired) electrons. The molecular weight excluding hydrogens is 398 g/mol. The number of hydrogen-bond donors (Lipinski definition) is 1. The Balaban J connectivity index is 1.82. The lowest BCUT2D eigenvalue weighted by atomic mass is 10.2. The van der Waals surface area contributed by atoms with Gasteiger partial charge in [0.1, 0.15) is 11.6 Å². The van der Waals surface area contributed by atoms with Crippen LogP contribution in [0.1, 0.15) is 18.3 Å². The summed E-state index contributed by atoms with van der Waals surface area (Å²) in [6.07, 6.45) is 3.23. The zero-order valence-corrected chi connectivity index (χ0v) is 18.0. The van der Waals surface area contributed by atoms with Gasteiger partial charge in [0.2, 0.25) is 5.91 Å². The van der Waals surface area contributed by atoms with Crippen molar-refractivity contribution in [3.8, 4) is 17.2 Å². The average Bonchev–Trinajstić information content (AvgIpc) is 2.80. The van der Waals surface area contributed by atoms with Gasteiger partial charge >= 0.3 is 0 Å². The van der Waals surface area contributed by atoms with Crippen LogP contribution in [0.2, 0.25) is 0 Å². The predicted octanol–water partition coefficient (Wildman–Crippen LogP) is 3.01. The number of nitrogens with one attached hydrogen (secondary N) is 1. The van der Waals surface area contributed by atoms with E-state index in [-0.39, 0.29) is 18.0 Å². The third kappa shape index (κ3) is 5.03. The van der Waals surface area contributed by atoms with Crippen molar-refractivity contribution >= 4 is 22.9 Å². The highest BCUT2D eigenvalue weighted by atomic mass is 16.5. The SMILES string of the molecule is CCN(Cc1nc2cc(OC)c(OC)cc2c(=O)[nH]1)C(=O)/C=C/c1ccc(OC)cc1. The van der Waals surface area contributed by atoms with Gasteiger partial charge in [-0.05, 0) is 36.8 Å². The molecule has 0 aliphatic heterocycles. The summed E-state index contributed by atoms with van der Waals surface area (Å²) < 4.78 is 15.7. The van der Waals surface area contributed by atoms with Gasteiger partial charge < -0.3 is 24.1 Å². The van der Waals surface area contributed by atoms with Crippen molar-refractivity contribution in [2.45, 2.75) is 13.5 Å². The van der Waals surface area contributed by atoms with E-state index in [2.05, 4.69) is 9.97 Å². The Hall–Kier alpha value is -3.81. The molecule has 2 aromatic carbocycles. The number of H-pyrrole nitrogens is 1. The molecule has 1 amide bonds. The summed E-state index contributed by atoms with van der Waals surface area (Å²) >= 11 is 0. The normalized spacial score (nSPS) is 11.0. The maximum atomic E-state index is 12.7. The predicted molar refractivity (Wildman–Crippen MR) is 119 cm³/mol. The summed E-state index contributed by atoms with van der Waals surface area (Å²) in [5, 5.41) is 0.384. The highest BCUT2D eigenvalue weighted by Gasteiger charge is 2.14. The fourth-order valence-corrected chi connectivity index (χ4v) is 3.10. The Morgan fingerprint density at radius 3 is 2.35 bits per heavy atom. The number of likely N-dealkylation sites (N-methyl/N-ethyl adjacent to an activating group) is 1. The number of fused-ring (bicyclic) bond motifs is 1. The quantitative estimate of drug-likeness (QED) is 0.560. The number of benzene rings is 2. The van der Waals surface area contributed by atoms with Crippen molar-refractivity contribution < 1.29 is 19.0 Å². The van der Waals surface area contributed by atoms with Gasteiger partial charge in [0.05, 0.1) is 38.8 Å². The summed E-state index contributed by atoms with van der Waals surface area (Å²) in [6.45, 7) is 2.49. The molecule has 0 fully saturated rings. The Bertz CT molecular complexity index is 1150. The minimum atomic E-state index is -0.307. The molecule has 3 aromatic rings. The molecule has 31 heavy (non-hydrogen) atoms. The first kappa shape index (κ1) is 21.9. The first-order valence-electron chi connectivity index (χ1n) is 9.75. The van der Waals surface area contributed by atoms with Crippen molar-refractivity contribution in [1.29, 1.82) is 0 Å². The number of ether oxygens (including phenoxy) is 3. The molecule has 0 unspecified atom stereocenters. The minimum Gasteiger partial charge on any atom is -0.497 e. The number of amides is 1. The molecule has 0 spiro atoms. The topological polar surface area (TPSA) is 93.8 Å². The zero-order chi connectivity index (χ0) is 22.4. The van der Waals surface area contributed by atoms with Gasteiger partial charge in [-0.25, -0.2) is 4.98 Å². The Labute approximate surface area is 180 Å². The number of hydrogen-bond acceptors (Lipinski definition) is 6. The van der Waals surface area contributed by atoms with Crippen LogP contribution in [0.25, 0.3) is 17.0 Å². The van der Waals surface area contributed by atoms with E-state index in [0.717, 1.165) is 11.3 Å². The van der Waals surface area contributed by atoms with Crippen LogP contribution in [0.4, 0.5) is 0 Å². The van der Waals surface area contributed by atoms with Crippen LogP contribution in [-0.2, 0) is 11.3 Å². The second-order valence-electron chi connectivity index (χ2n) is 6.70. The van der Waals surface area contributed by atoms with E-state index >= 15 is 0 Å². The zero-order valence-electron chi connectivity index (χ0n) is 18.0. The van der Waals surface area contributed by atoms with Crippen LogP contribution >= 0.6 is 0 Å². The molecule has 3 rings (SSSR count). The van der Waals surface area contributed by atoms with Crippen LogP contribution in [0, 0.1) is 0 Å². The van der Waals surface area contributed by atoms with E-state index in [9.17, 15) is 9.59 Å². The Morgan fingerprint density at radius 1 is 1.06 bits per heavy atom. The average molecular weight is 423 g/mol. The maximum Gasteiger partial charge on any atom is 0.258 e. The largest absolute Gasteiger partial charge is 0.497 e. The molecule has 8 heteroatoms. The lowest BCUT2D eigenvalue weighted by molar-refractivity contribution is -0.126. The van der Waals surface area contributed by atoms with E-state index in [1.54, 1.807) is 30.2 Å². The molecule has 1 heterocycles. The molecule has 162 valence electrons. The monoisotopic (exact) mass is 423 g/mol. The number of carbonyl (C=O) groups excluding carboxylic acids is 1.